The van der Waals surface area contributed by atoms with Gasteiger partial charge in [-0.25, -0.2) is 9.78 Å². The predicted molar refractivity (Wildman–Crippen MR) is 102 cm³/mol. The molecule has 1 saturated heterocycles. The quantitative estimate of drug-likeness (QED) is 0.747. The SMILES string of the molecule is CNC(=O)Nc1nc2c(s1)C1CN(C(C)=O)CC(C2)C1C(=O)OC(C)(C)C. The summed E-state index contributed by atoms with van der Waals surface area (Å²) in [5.74, 6) is -0.723. The Bertz CT molecular complexity index is 770. The fourth-order valence-electron chi connectivity index (χ4n) is 3.83. The van der Waals surface area contributed by atoms with Gasteiger partial charge in [0, 0.05) is 37.9 Å². The Kier molecular flexibility index (Phi) is 5.16. The highest BCUT2D eigenvalue weighted by Crippen LogP contribution is 2.47. The Balaban J connectivity index is 1.93. The van der Waals surface area contributed by atoms with Crippen LogP contribution in [0.4, 0.5) is 9.93 Å². The number of carbonyl (C=O) groups excluding carboxylic acids is 3. The Labute approximate surface area is 162 Å². The van der Waals surface area contributed by atoms with E-state index in [0.717, 1.165) is 10.6 Å². The summed E-state index contributed by atoms with van der Waals surface area (Å²) in [7, 11) is 1.54. The molecule has 0 aromatic carbocycles. The third kappa shape index (κ3) is 4.07. The maximum Gasteiger partial charge on any atom is 0.320 e. The van der Waals surface area contributed by atoms with Gasteiger partial charge in [-0.15, -0.1) is 11.3 Å². The van der Waals surface area contributed by atoms with E-state index in [1.807, 2.05) is 20.8 Å². The van der Waals surface area contributed by atoms with Crippen molar-refractivity contribution in [2.75, 3.05) is 25.5 Å². The molecule has 0 saturated carbocycles. The number of likely N-dealkylation sites (tertiary alicyclic amines) is 1. The zero-order valence-corrected chi connectivity index (χ0v) is 17.1. The summed E-state index contributed by atoms with van der Waals surface area (Å²) in [5.41, 5.74) is 0.343. The molecule has 3 unspecified atom stereocenters. The van der Waals surface area contributed by atoms with E-state index in [4.69, 9.17) is 4.74 Å². The van der Waals surface area contributed by atoms with Crippen LogP contribution in [0.2, 0.25) is 0 Å². The second-order valence-corrected chi connectivity index (χ2v) is 9.12. The number of nitrogens with zero attached hydrogens (tertiary/aromatic N) is 2. The minimum atomic E-state index is -0.564. The highest BCUT2D eigenvalue weighted by atomic mass is 32.1. The molecule has 9 heteroatoms. The van der Waals surface area contributed by atoms with Gasteiger partial charge in [-0.1, -0.05) is 0 Å². The lowest BCUT2D eigenvalue weighted by molar-refractivity contribution is -0.167. The number of rotatable bonds is 2. The molecule has 0 radical (unpaired) electrons. The maximum absolute atomic E-state index is 12.9. The van der Waals surface area contributed by atoms with Crippen molar-refractivity contribution in [1.29, 1.82) is 0 Å². The summed E-state index contributed by atoms with van der Waals surface area (Å²) in [4.78, 5) is 43.8. The average molecular weight is 394 g/mol. The number of fused-ring (bicyclic) bond motifs is 4. The average Bonchev–Trinajstić information content (AvgIpc) is 2.94. The van der Waals surface area contributed by atoms with Crippen molar-refractivity contribution in [2.24, 2.45) is 11.8 Å². The van der Waals surface area contributed by atoms with Crippen LogP contribution < -0.4 is 10.6 Å². The summed E-state index contributed by atoms with van der Waals surface area (Å²) < 4.78 is 5.68. The standard InChI is InChI=1S/C18H26N4O4S/c1-9(23)22-7-10-6-12-14(27-17(20-12)21-16(25)19-5)11(8-22)13(10)15(24)26-18(2,3)4/h10-11,13H,6-8H2,1-5H3,(H2,19,20,21,25). The number of esters is 1. The van der Waals surface area contributed by atoms with E-state index in [1.54, 1.807) is 18.9 Å². The van der Waals surface area contributed by atoms with Crippen LogP contribution >= 0.6 is 11.3 Å². The number of carbonyl (C=O) groups is 3. The fourth-order valence-corrected chi connectivity index (χ4v) is 4.96. The molecular formula is C18H26N4O4S. The molecule has 1 aliphatic carbocycles. The number of aromatic nitrogens is 1. The van der Waals surface area contributed by atoms with Gasteiger partial charge in [0.25, 0.3) is 0 Å². The molecule has 0 spiro atoms. The van der Waals surface area contributed by atoms with E-state index in [0.29, 0.717) is 24.6 Å². The molecule has 2 bridgehead atoms. The van der Waals surface area contributed by atoms with Crippen molar-refractivity contribution in [2.45, 2.75) is 45.6 Å². The highest BCUT2D eigenvalue weighted by molar-refractivity contribution is 7.16. The Morgan fingerprint density at radius 2 is 1.96 bits per heavy atom. The number of nitrogens with one attached hydrogen (secondary N) is 2. The van der Waals surface area contributed by atoms with Gasteiger partial charge in [-0.05, 0) is 33.1 Å². The third-order valence-corrected chi connectivity index (χ3v) is 6.05. The molecule has 3 amide bonds. The summed E-state index contributed by atoms with van der Waals surface area (Å²) in [5, 5.41) is 5.71. The predicted octanol–water partition coefficient (Wildman–Crippen LogP) is 1.97. The van der Waals surface area contributed by atoms with E-state index in [-0.39, 0.29) is 35.7 Å². The van der Waals surface area contributed by atoms with Gasteiger partial charge in [0.1, 0.15) is 5.60 Å². The number of ether oxygens (including phenoxy) is 1. The number of piperidine rings is 1. The van der Waals surface area contributed by atoms with Crippen LogP contribution in [0.5, 0.6) is 0 Å². The van der Waals surface area contributed by atoms with Crippen LogP contribution in [0.15, 0.2) is 0 Å². The first-order valence-corrected chi connectivity index (χ1v) is 9.87. The monoisotopic (exact) mass is 394 g/mol. The zero-order valence-electron chi connectivity index (χ0n) is 16.3. The molecular weight excluding hydrogens is 368 g/mol. The number of amides is 3. The topological polar surface area (TPSA) is 101 Å². The smallest absolute Gasteiger partial charge is 0.320 e. The molecule has 8 nitrogen and oxygen atoms in total. The van der Waals surface area contributed by atoms with Gasteiger partial charge < -0.3 is 15.0 Å². The molecule has 148 valence electrons. The molecule has 2 N–H and O–H groups in total. The second-order valence-electron chi connectivity index (χ2n) is 8.09. The molecule has 1 aromatic heterocycles. The van der Waals surface area contributed by atoms with Crippen molar-refractivity contribution in [3.63, 3.8) is 0 Å². The minimum absolute atomic E-state index is 0.00399. The minimum Gasteiger partial charge on any atom is -0.460 e. The van der Waals surface area contributed by atoms with E-state index in [1.165, 1.54) is 11.3 Å². The first-order chi connectivity index (χ1) is 12.6. The molecule has 1 aromatic rings. The molecule has 3 rings (SSSR count). The molecule has 2 heterocycles. The van der Waals surface area contributed by atoms with Gasteiger partial charge in [-0.3, -0.25) is 14.9 Å². The lowest BCUT2D eigenvalue weighted by Crippen LogP contribution is -2.53. The Morgan fingerprint density at radius 1 is 1.26 bits per heavy atom. The van der Waals surface area contributed by atoms with E-state index in [2.05, 4.69) is 15.6 Å². The van der Waals surface area contributed by atoms with E-state index < -0.39 is 5.60 Å². The molecule has 27 heavy (non-hydrogen) atoms. The number of hydrogen-bond acceptors (Lipinski definition) is 6. The third-order valence-electron chi connectivity index (χ3n) is 4.91. The first kappa shape index (κ1) is 19.6. The Hall–Kier alpha value is -2.16. The molecule has 2 aliphatic rings. The van der Waals surface area contributed by atoms with Crippen LogP contribution in [0.1, 0.15) is 44.2 Å². The normalized spacial score (nSPS) is 24.0. The molecule has 1 fully saturated rings. The van der Waals surface area contributed by atoms with Gasteiger partial charge in [0.2, 0.25) is 5.91 Å². The second kappa shape index (κ2) is 7.10. The van der Waals surface area contributed by atoms with Crippen LogP contribution in [0.3, 0.4) is 0 Å². The largest absolute Gasteiger partial charge is 0.460 e. The van der Waals surface area contributed by atoms with Crippen LogP contribution in [0.25, 0.3) is 0 Å². The van der Waals surface area contributed by atoms with Gasteiger partial charge in [-0.2, -0.15) is 0 Å². The van der Waals surface area contributed by atoms with Crippen LogP contribution in [-0.4, -0.2) is 53.5 Å². The molecule has 3 atom stereocenters. The van der Waals surface area contributed by atoms with Crippen molar-refractivity contribution >= 4 is 34.4 Å². The van der Waals surface area contributed by atoms with Gasteiger partial charge in [0.05, 0.1) is 11.6 Å². The summed E-state index contributed by atoms with van der Waals surface area (Å²) in [6.45, 7) is 8.10. The number of hydrogen-bond donors (Lipinski definition) is 2. The first-order valence-electron chi connectivity index (χ1n) is 9.05. The van der Waals surface area contributed by atoms with E-state index in [9.17, 15) is 14.4 Å². The lowest BCUT2D eigenvalue weighted by Gasteiger charge is -2.45. The number of thiazole rings is 1. The fraction of sp³-hybridized carbons (Fsp3) is 0.667. The lowest BCUT2D eigenvalue weighted by atomic mass is 9.70. The van der Waals surface area contributed by atoms with Crippen molar-refractivity contribution < 1.29 is 19.1 Å². The number of anilines is 1. The van der Waals surface area contributed by atoms with Crippen LogP contribution in [-0.2, 0) is 20.7 Å². The Morgan fingerprint density at radius 3 is 2.56 bits per heavy atom. The summed E-state index contributed by atoms with van der Waals surface area (Å²) >= 11 is 1.37. The van der Waals surface area contributed by atoms with E-state index >= 15 is 0 Å². The summed E-state index contributed by atoms with van der Waals surface area (Å²) in [6.07, 6.45) is 0.589. The van der Waals surface area contributed by atoms with Gasteiger partial charge >= 0.3 is 12.0 Å². The number of urea groups is 1. The summed E-state index contributed by atoms with van der Waals surface area (Å²) in [6, 6.07) is -0.335. The van der Waals surface area contributed by atoms with Gasteiger partial charge in [0.15, 0.2) is 5.13 Å². The van der Waals surface area contributed by atoms with Crippen molar-refractivity contribution in [3.8, 4) is 0 Å². The molecule has 1 aliphatic heterocycles. The zero-order chi connectivity index (χ0) is 19.9. The van der Waals surface area contributed by atoms with Crippen molar-refractivity contribution in [3.05, 3.63) is 10.6 Å². The van der Waals surface area contributed by atoms with Crippen molar-refractivity contribution in [1.82, 2.24) is 15.2 Å². The van der Waals surface area contributed by atoms with Crippen LogP contribution in [0, 0.1) is 11.8 Å². The maximum atomic E-state index is 12.9. The highest BCUT2D eigenvalue weighted by Gasteiger charge is 2.49.